The number of hydrogen-bond acceptors (Lipinski definition) is 5. The Morgan fingerprint density at radius 2 is 1.79 bits per heavy atom. The maximum atomic E-state index is 14.2. The fourth-order valence-electron chi connectivity index (χ4n) is 3.56. The number of carbonyl (C=O) groups is 1. The lowest BCUT2D eigenvalue weighted by molar-refractivity contribution is -0.140. The zero-order chi connectivity index (χ0) is 24.5. The van der Waals surface area contributed by atoms with Crippen molar-refractivity contribution in [2.75, 3.05) is 12.4 Å². The summed E-state index contributed by atoms with van der Waals surface area (Å²) in [4.78, 5) is 15.8. The lowest BCUT2D eigenvalue weighted by Crippen LogP contribution is -2.09. The van der Waals surface area contributed by atoms with Gasteiger partial charge in [0.25, 0.3) is 0 Å². The number of aryl methyl sites for hydroxylation is 1. The van der Waals surface area contributed by atoms with Gasteiger partial charge in [0, 0.05) is 12.4 Å². The van der Waals surface area contributed by atoms with Crippen LogP contribution in [0.4, 0.5) is 24.7 Å². The summed E-state index contributed by atoms with van der Waals surface area (Å²) < 4.78 is 48.7. The number of aromatic carboxylic acids is 1. The molecule has 0 bridgehead atoms. The smallest absolute Gasteiger partial charge is 0.435 e. The number of para-hydroxylation sites is 1. The summed E-state index contributed by atoms with van der Waals surface area (Å²) in [6, 6.07) is 13.9. The van der Waals surface area contributed by atoms with E-state index in [0.717, 1.165) is 4.68 Å². The van der Waals surface area contributed by atoms with Crippen molar-refractivity contribution in [1.82, 2.24) is 14.8 Å². The van der Waals surface area contributed by atoms with Crippen LogP contribution in [0.3, 0.4) is 0 Å². The molecule has 10 heteroatoms. The van der Waals surface area contributed by atoms with Gasteiger partial charge in [0.15, 0.2) is 5.69 Å². The molecule has 0 atom stereocenters. The highest BCUT2D eigenvalue weighted by molar-refractivity contribution is 5.96. The number of benzene rings is 2. The van der Waals surface area contributed by atoms with Crippen molar-refractivity contribution >= 4 is 17.5 Å². The molecule has 4 aromatic rings. The molecule has 174 valence electrons. The number of nitrogens with zero attached hydrogens (tertiary/aromatic N) is 3. The Morgan fingerprint density at radius 1 is 1.09 bits per heavy atom. The van der Waals surface area contributed by atoms with E-state index >= 15 is 0 Å². The number of anilines is 2. The molecule has 2 aromatic carbocycles. The summed E-state index contributed by atoms with van der Waals surface area (Å²) in [5, 5.41) is 16.5. The first kappa shape index (κ1) is 22.8. The lowest BCUT2D eigenvalue weighted by Gasteiger charge is -2.16. The number of nitrogens with one attached hydrogen (secondary N) is 1. The molecule has 2 heterocycles. The molecule has 0 aliphatic carbocycles. The number of hydrogen-bond donors (Lipinski definition) is 2. The third-order valence-corrected chi connectivity index (χ3v) is 5.18. The molecule has 0 unspecified atom stereocenters. The van der Waals surface area contributed by atoms with Crippen LogP contribution in [0.5, 0.6) is 5.75 Å². The number of methoxy groups -OCH3 is 1. The Bertz CT molecular complexity index is 1350. The second-order valence-corrected chi connectivity index (χ2v) is 7.35. The monoisotopic (exact) mass is 468 g/mol. The number of ether oxygens (including phenoxy) is 1. The number of carboxylic acid groups (broad SMARTS) is 1. The van der Waals surface area contributed by atoms with E-state index < -0.39 is 17.8 Å². The number of carboxylic acids is 1. The molecule has 4 rings (SSSR count). The summed E-state index contributed by atoms with van der Waals surface area (Å²) in [6.07, 6.45) is -2.03. The standard InChI is InChI=1S/C24H19F3N4O3/c1-14-5-3-4-6-19(14)31-22(29-18-8-7-16(34-2)13-17(18)23(32)33)20(15-9-11-28-12-10-15)21(30-31)24(25,26)27/h3-13,29H,1-2H3,(H,32,33). The first-order valence-electron chi connectivity index (χ1n) is 10.1. The molecule has 0 aliphatic heterocycles. The van der Waals surface area contributed by atoms with Crippen LogP contribution >= 0.6 is 0 Å². The van der Waals surface area contributed by atoms with Gasteiger partial charge in [-0.05, 0) is 54.4 Å². The Balaban J connectivity index is 2.04. The first-order chi connectivity index (χ1) is 16.2. The molecule has 0 saturated carbocycles. The summed E-state index contributed by atoms with van der Waals surface area (Å²) in [5.41, 5.74) is -0.147. The van der Waals surface area contributed by atoms with Gasteiger partial charge in [-0.1, -0.05) is 18.2 Å². The summed E-state index contributed by atoms with van der Waals surface area (Å²) >= 11 is 0. The van der Waals surface area contributed by atoms with Crippen molar-refractivity contribution in [3.63, 3.8) is 0 Å². The van der Waals surface area contributed by atoms with Crippen LogP contribution in [0.25, 0.3) is 16.8 Å². The van der Waals surface area contributed by atoms with E-state index in [1.165, 1.54) is 49.8 Å². The van der Waals surface area contributed by atoms with Gasteiger partial charge in [0.1, 0.15) is 11.6 Å². The number of rotatable bonds is 6. The van der Waals surface area contributed by atoms with E-state index in [2.05, 4.69) is 15.4 Å². The predicted molar refractivity (Wildman–Crippen MR) is 120 cm³/mol. The molecule has 7 nitrogen and oxygen atoms in total. The second-order valence-electron chi connectivity index (χ2n) is 7.35. The molecule has 2 N–H and O–H groups in total. The number of alkyl halides is 3. The van der Waals surface area contributed by atoms with Gasteiger partial charge < -0.3 is 15.2 Å². The Hall–Kier alpha value is -4.34. The minimum atomic E-state index is -4.78. The molecule has 0 amide bonds. The van der Waals surface area contributed by atoms with Crippen LogP contribution < -0.4 is 10.1 Å². The van der Waals surface area contributed by atoms with Gasteiger partial charge in [0.2, 0.25) is 0 Å². The van der Waals surface area contributed by atoms with Gasteiger partial charge in [-0.2, -0.15) is 18.3 Å². The highest BCUT2D eigenvalue weighted by atomic mass is 19.4. The normalized spacial score (nSPS) is 11.3. The molecule has 2 aromatic heterocycles. The van der Waals surface area contributed by atoms with Crippen LogP contribution in [0.1, 0.15) is 21.6 Å². The zero-order valence-corrected chi connectivity index (χ0v) is 18.1. The minimum absolute atomic E-state index is 0.0412. The fraction of sp³-hybridized carbons (Fsp3) is 0.125. The van der Waals surface area contributed by atoms with E-state index in [0.29, 0.717) is 17.0 Å². The minimum Gasteiger partial charge on any atom is -0.497 e. The first-order valence-corrected chi connectivity index (χ1v) is 10.1. The Morgan fingerprint density at radius 3 is 2.41 bits per heavy atom. The summed E-state index contributed by atoms with van der Waals surface area (Å²) in [6.45, 7) is 1.75. The lowest BCUT2D eigenvalue weighted by atomic mass is 10.1. The van der Waals surface area contributed by atoms with Gasteiger partial charge >= 0.3 is 12.1 Å². The molecule has 0 radical (unpaired) electrons. The van der Waals surface area contributed by atoms with Crippen molar-refractivity contribution in [3.8, 4) is 22.6 Å². The summed E-state index contributed by atoms with van der Waals surface area (Å²) in [7, 11) is 1.39. The van der Waals surface area contributed by atoms with Crippen molar-refractivity contribution < 1.29 is 27.8 Å². The predicted octanol–water partition coefficient (Wildman–Crippen LogP) is 5.71. The fourth-order valence-corrected chi connectivity index (χ4v) is 3.56. The number of halogens is 3. The molecule has 34 heavy (non-hydrogen) atoms. The van der Waals surface area contributed by atoms with E-state index in [-0.39, 0.29) is 28.2 Å². The molecular weight excluding hydrogens is 449 g/mol. The maximum Gasteiger partial charge on any atom is 0.435 e. The van der Waals surface area contributed by atoms with Crippen molar-refractivity contribution in [2.24, 2.45) is 0 Å². The van der Waals surface area contributed by atoms with Crippen molar-refractivity contribution in [2.45, 2.75) is 13.1 Å². The average Bonchev–Trinajstić information content (AvgIpc) is 3.19. The third kappa shape index (κ3) is 4.29. The molecule has 0 saturated heterocycles. The van der Waals surface area contributed by atoms with Gasteiger partial charge in [-0.15, -0.1) is 0 Å². The SMILES string of the molecule is COc1ccc(Nc2c(-c3ccncc3)c(C(F)(F)F)nn2-c2ccccc2C)c(C(=O)O)c1. The van der Waals surface area contributed by atoms with E-state index in [9.17, 15) is 23.1 Å². The van der Waals surface area contributed by atoms with E-state index in [1.807, 2.05) is 0 Å². The van der Waals surface area contributed by atoms with Gasteiger partial charge in [-0.25, -0.2) is 9.48 Å². The zero-order valence-electron chi connectivity index (χ0n) is 18.1. The number of aromatic nitrogens is 3. The van der Waals surface area contributed by atoms with Crippen molar-refractivity contribution in [3.05, 3.63) is 83.8 Å². The summed E-state index contributed by atoms with van der Waals surface area (Å²) in [5.74, 6) is -1.02. The third-order valence-electron chi connectivity index (χ3n) is 5.18. The highest BCUT2D eigenvalue weighted by Gasteiger charge is 2.40. The van der Waals surface area contributed by atoms with Crippen LogP contribution in [-0.4, -0.2) is 33.0 Å². The van der Waals surface area contributed by atoms with Crippen molar-refractivity contribution in [1.29, 1.82) is 0 Å². The topological polar surface area (TPSA) is 89.3 Å². The maximum absolute atomic E-state index is 14.2. The second kappa shape index (κ2) is 8.89. The van der Waals surface area contributed by atoms with Gasteiger partial charge in [-0.3, -0.25) is 4.98 Å². The van der Waals surface area contributed by atoms with E-state index in [4.69, 9.17) is 4.74 Å². The van der Waals surface area contributed by atoms with Crippen LogP contribution in [-0.2, 0) is 6.18 Å². The Labute approximate surface area is 192 Å². The molecule has 0 aliphatic rings. The number of pyridine rings is 1. The molecule has 0 spiro atoms. The largest absolute Gasteiger partial charge is 0.497 e. The van der Waals surface area contributed by atoms with Gasteiger partial charge in [0.05, 0.1) is 29.6 Å². The van der Waals surface area contributed by atoms with E-state index in [1.54, 1.807) is 31.2 Å². The highest BCUT2D eigenvalue weighted by Crippen LogP contribution is 2.43. The average molecular weight is 468 g/mol. The molecular formula is C24H19F3N4O3. The van der Waals surface area contributed by atoms with Crippen LogP contribution in [0.2, 0.25) is 0 Å². The van der Waals surface area contributed by atoms with Crippen LogP contribution in [0.15, 0.2) is 67.0 Å². The quantitative estimate of drug-likeness (QED) is 0.377. The Kier molecular flexibility index (Phi) is 5.97. The van der Waals surface area contributed by atoms with Crippen LogP contribution in [0, 0.1) is 6.92 Å². The molecule has 0 fully saturated rings.